The molecule has 1 aromatic heterocycles. The van der Waals surface area contributed by atoms with Gasteiger partial charge in [-0.05, 0) is 18.1 Å². The zero-order chi connectivity index (χ0) is 13.4. The highest BCUT2D eigenvalue weighted by Gasteiger charge is 2.12. The smallest absolute Gasteiger partial charge is 0.274 e. The van der Waals surface area contributed by atoms with E-state index in [1.807, 2.05) is 12.1 Å². The molecule has 0 aromatic carbocycles. The lowest BCUT2D eigenvalue weighted by molar-refractivity contribution is -0.404. The minimum atomic E-state index is -0.481. The first-order chi connectivity index (χ1) is 8.67. The summed E-state index contributed by atoms with van der Waals surface area (Å²) in [6, 6.07) is 3.83. The van der Waals surface area contributed by atoms with E-state index in [0.29, 0.717) is 5.82 Å². The van der Waals surface area contributed by atoms with Crippen LogP contribution in [0.2, 0.25) is 0 Å². The Kier molecular flexibility index (Phi) is 5.63. The van der Waals surface area contributed by atoms with E-state index in [9.17, 15) is 10.1 Å². The Morgan fingerprint density at radius 1 is 1.67 bits per heavy atom. The molecule has 1 rings (SSSR count). The summed E-state index contributed by atoms with van der Waals surface area (Å²) in [6.45, 7) is 2.07. The van der Waals surface area contributed by atoms with Gasteiger partial charge in [0.2, 0.25) is 0 Å². The van der Waals surface area contributed by atoms with Gasteiger partial charge in [0.15, 0.2) is 5.82 Å². The van der Waals surface area contributed by atoms with Crippen molar-refractivity contribution >= 4 is 0 Å². The standard InChI is InChI=1S/C12H18N4O2/c1-3-5-11(10-6-4-7-14-8-10)15-12(13-2)9-16(17)18/h4,6-9,11,13,15H,3,5H2,1-2H3/b12-9+. The molecular formula is C12H18N4O2. The molecular weight excluding hydrogens is 232 g/mol. The molecule has 0 aliphatic heterocycles. The van der Waals surface area contributed by atoms with Crippen molar-refractivity contribution in [2.24, 2.45) is 0 Å². The third-order valence-corrected chi connectivity index (χ3v) is 2.50. The van der Waals surface area contributed by atoms with Crippen LogP contribution in [0.15, 0.2) is 36.5 Å². The monoisotopic (exact) mass is 250 g/mol. The molecule has 6 heteroatoms. The van der Waals surface area contributed by atoms with Crippen molar-refractivity contribution in [2.75, 3.05) is 7.05 Å². The third kappa shape index (κ3) is 4.40. The largest absolute Gasteiger partial charge is 0.370 e. The van der Waals surface area contributed by atoms with Crippen molar-refractivity contribution in [1.29, 1.82) is 0 Å². The molecule has 0 aliphatic carbocycles. The molecule has 0 aliphatic rings. The Labute approximate surface area is 106 Å². The minimum absolute atomic E-state index is 0.0161. The number of nitrogens with zero attached hydrogens (tertiary/aromatic N) is 2. The second kappa shape index (κ2) is 7.26. The molecule has 6 nitrogen and oxygen atoms in total. The fourth-order valence-corrected chi connectivity index (χ4v) is 1.66. The molecule has 0 spiro atoms. The van der Waals surface area contributed by atoms with E-state index in [1.54, 1.807) is 19.4 Å². The molecule has 0 saturated heterocycles. The van der Waals surface area contributed by atoms with Gasteiger partial charge in [-0.2, -0.15) is 0 Å². The normalized spacial score (nSPS) is 12.9. The highest BCUT2D eigenvalue weighted by atomic mass is 16.6. The topological polar surface area (TPSA) is 80.1 Å². The van der Waals surface area contributed by atoms with Gasteiger partial charge < -0.3 is 10.6 Å². The van der Waals surface area contributed by atoms with E-state index in [1.165, 1.54) is 0 Å². The molecule has 2 N–H and O–H groups in total. The molecule has 1 aromatic rings. The lowest BCUT2D eigenvalue weighted by atomic mass is 10.0. The molecule has 0 bridgehead atoms. The van der Waals surface area contributed by atoms with Crippen LogP contribution in [-0.2, 0) is 0 Å². The van der Waals surface area contributed by atoms with Crippen LogP contribution in [0.3, 0.4) is 0 Å². The van der Waals surface area contributed by atoms with E-state index in [-0.39, 0.29) is 6.04 Å². The van der Waals surface area contributed by atoms with Crippen LogP contribution in [0.5, 0.6) is 0 Å². The summed E-state index contributed by atoms with van der Waals surface area (Å²) >= 11 is 0. The van der Waals surface area contributed by atoms with Gasteiger partial charge in [0.05, 0.1) is 11.0 Å². The Hall–Kier alpha value is -2.11. The predicted molar refractivity (Wildman–Crippen MR) is 69.2 cm³/mol. The fourth-order valence-electron chi connectivity index (χ4n) is 1.66. The Balaban J connectivity index is 2.83. The lowest BCUT2D eigenvalue weighted by Crippen LogP contribution is -2.28. The van der Waals surface area contributed by atoms with Crippen molar-refractivity contribution in [3.63, 3.8) is 0 Å². The Morgan fingerprint density at radius 2 is 2.44 bits per heavy atom. The second-order valence-electron chi connectivity index (χ2n) is 3.85. The van der Waals surface area contributed by atoms with Gasteiger partial charge in [-0.1, -0.05) is 19.4 Å². The van der Waals surface area contributed by atoms with Gasteiger partial charge >= 0.3 is 0 Å². The van der Waals surface area contributed by atoms with E-state index >= 15 is 0 Å². The number of nitro groups is 1. The molecule has 1 unspecified atom stereocenters. The van der Waals surface area contributed by atoms with Crippen LogP contribution < -0.4 is 10.6 Å². The van der Waals surface area contributed by atoms with Gasteiger partial charge in [-0.15, -0.1) is 0 Å². The van der Waals surface area contributed by atoms with E-state index in [4.69, 9.17) is 0 Å². The van der Waals surface area contributed by atoms with Crippen LogP contribution in [-0.4, -0.2) is 17.0 Å². The number of rotatable bonds is 7. The number of aromatic nitrogens is 1. The maximum absolute atomic E-state index is 10.5. The van der Waals surface area contributed by atoms with Crippen LogP contribution in [0.25, 0.3) is 0 Å². The van der Waals surface area contributed by atoms with Crippen molar-refractivity contribution in [2.45, 2.75) is 25.8 Å². The molecule has 0 saturated carbocycles. The first kappa shape index (κ1) is 14.0. The van der Waals surface area contributed by atoms with Crippen molar-refractivity contribution < 1.29 is 4.92 Å². The molecule has 98 valence electrons. The average molecular weight is 250 g/mol. The third-order valence-electron chi connectivity index (χ3n) is 2.50. The first-order valence-corrected chi connectivity index (χ1v) is 5.87. The van der Waals surface area contributed by atoms with Gasteiger partial charge in [-0.25, -0.2) is 0 Å². The summed E-state index contributed by atoms with van der Waals surface area (Å²) in [4.78, 5) is 14.1. The van der Waals surface area contributed by atoms with E-state index < -0.39 is 4.92 Å². The van der Waals surface area contributed by atoms with Crippen molar-refractivity contribution in [3.8, 4) is 0 Å². The summed E-state index contributed by atoms with van der Waals surface area (Å²) in [5.74, 6) is 0.391. The number of hydrogen-bond acceptors (Lipinski definition) is 5. The molecule has 1 heterocycles. The SMILES string of the molecule is CCCC(N/C(=C/[N+](=O)[O-])NC)c1cccnc1. The van der Waals surface area contributed by atoms with Crippen LogP contribution in [0.1, 0.15) is 31.4 Å². The molecule has 0 fully saturated rings. The van der Waals surface area contributed by atoms with Crippen LogP contribution in [0, 0.1) is 10.1 Å². The zero-order valence-corrected chi connectivity index (χ0v) is 10.6. The highest BCUT2D eigenvalue weighted by molar-refractivity contribution is 5.15. The van der Waals surface area contributed by atoms with E-state index in [0.717, 1.165) is 24.6 Å². The lowest BCUT2D eigenvalue weighted by Gasteiger charge is -2.20. The minimum Gasteiger partial charge on any atom is -0.370 e. The van der Waals surface area contributed by atoms with Crippen molar-refractivity contribution in [1.82, 2.24) is 15.6 Å². The predicted octanol–water partition coefficient (Wildman–Crippen LogP) is 1.81. The van der Waals surface area contributed by atoms with Crippen LogP contribution in [0.4, 0.5) is 0 Å². The van der Waals surface area contributed by atoms with Gasteiger partial charge in [0.25, 0.3) is 6.20 Å². The number of nitrogens with one attached hydrogen (secondary N) is 2. The fraction of sp³-hybridized carbons (Fsp3) is 0.417. The zero-order valence-electron chi connectivity index (χ0n) is 10.6. The first-order valence-electron chi connectivity index (χ1n) is 5.87. The summed E-state index contributed by atoms with van der Waals surface area (Å²) in [5.41, 5.74) is 1.02. The average Bonchev–Trinajstić information content (AvgIpc) is 2.37. The summed E-state index contributed by atoms with van der Waals surface area (Å²) in [6.07, 6.45) is 6.26. The Bertz CT molecular complexity index is 406. The maximum atomic E-state index is 10.5. The molecule has 1 atom stereocenters. The summed E-state index contributed by atoms with van der Waals surface area (Å²) in [5, 5.41) is 16.4. The van der Waals surface area contributed by atoms with Gasteiger partial charge in [0.1, 0.15) is 0 Å². The number of pyridine rings is 1. The molecule has 0 radical (unpaired) electrons. The van der Waals surface area contributed by atoms with E-state index in [2.05, 4.69) is 22.5 Å². The second-order valence-corrected chi connectivity index (χ2v) is 3.85. The molecule has 0 amide bonds. The summed E-state index contributed by atoms with van der Waals surface area (Å²) in [7, 11) is 1.65. The highest BCUT2D eigenvalue weighted by Crippen LogP contribution is 2.18. The molecule has 18 heavy (non-hydrogen) atoms. The van der Waals surface area contributed by atoms with Crippen molar-refractivity contribution in [3.05, 3.63) is 52.2 Å². The maximum Gasteiger partial charge on any atom is 0.274 e. The Morgan fingerprint density at radius 3 is 2.94 bits per heavy atom. The van der Waals surface area contributed by atoms with Crippen LogP contribution >= 0.6 is 0 Å². The quantitative estimate of drug-likeness (QED) is 0.570. The number of hydrogen-bond donors (Lipinski definition) is 2. The summed E-state index contributed by atoms with van der Waals surface area (Å²) < 4.78 is 0. The van der Waals surface area contributed by atoms with Gasteiger partial charge in [-0.3, -0.25) is 15.1 Å². The van der Waals surface area contributed by atoms with Gasteiger partial charge in [0, 0.05) is 19.4 Å².